The first kappa shape index (κ1) is 41.6. The summed E-state index contributed by atoms with van der Waals surface area (Å²) in [5.41, 5.74) is -6.16. The molecule has 20 heteroatoms. The molecule has 40 heavy (non-hydrogen) atoms. The fourth-order valence-corrected chi connectivity index (χ4v) is 2.75. The molecular formula is C20H24Na2O18. The second-order valence-electron chi connectivity index (χ2n) is 7.47. The van der Waals surface area contributed by atoms with Gasteiger partial charge in [-0.2, -0.15) is 0 Å². The minimum Gasteiger partial charge on any atom is -1.00 e. The predicted molar refractivity (Wildman–Crippen MR) is 112 cm³/mol. The van der Waals surface area contributed by atoms with Crippen LogP contribution < -0.4 is 59.1 Å². The normalized spacial score (nSPS) is 12.8. The Labute approximate surface area is 271 Å². The van der Waals surface area contributed by atoms with E-state index in [1.807, 2.05) is 0 Å². The molecule has 0 bridgehead atoms. The summed E-state index contributed by atoms with van der Waals surface area (Å²) in [6, 6.07) is 0. The van der Waals surface area contributed by atoms with Crippen LogP contribution in [0.1, 0.15) is 55.2 Å². The molecule has 214 valence electrons. The smallest absolute Gasteiger partial charge is 1.00 e. The summed E-state index contributed by atoms with van der Waals surface area (Å²) in [4.78, 5) is 115. The molecule has 0 saturated heterocycles. The van der Waals surface area contributed by atoms with Gasteiger partial charge >= 0.3 is 119 Å². The number of hydrogen-bond acceptors (Lipinski definition) is 14. The third-order valence-corrected chi connectivity index (χ3v) is 4.18. The van der Waals surface area contributed by atoms with Gasteiger partial charge in [-0.05, 0) is 0 Å². The summed E-state index contributed by atoms with van der Waals surface area (Å²) < 4.78 is 17.4. The van der Waals surface area contributed by atoms with Crippen molar-refractivity contribution in [2.24, 2.45) is 0 Å². The van der Waals surface area contributed by atoms with Crippen LogP contribution in [0.5, 0.6) is 0 Å². The standard InChI is InChI=1S/C20H22O18.2Na.2H/c1-9(21)35-15(29)7-19(17(31)32,5-11(23)24)37-13(27)3-4-14(28)38-20(18(33)34,6-12(25)26)8-16(30)36-10(2)22;;;;/h3-8H2,1-2H3,(H,23,24)(H,25,26)(H,31,32)(H,33,34);;;;/q;2*+1;2*-1. The Hall–Kier alpha value is -2.90. The van der Waals surface area contributed by atoms with Crippen molar-refractivity contribution in [1.82, 2.24) is 0 Å². The average Bonchev–Trinajstić information content (AvgIpc) is 2.69. The topological polar surface area (TPSA) is 289 Å². The molecule has 0 aliphatic carbocycles. The van der Waals surface area contributed by atoms with E-state index in [0.717, 1.165) is 13.8 Å². The Balaban J connectivity index is -0.00000114. The molecule has 0 aromatic rings. The third kappa shape index (κ3) is 15.0. The Morgan fingerprint density at radius 1 is 0.525 bits per heavy atom. The molecule has 18 nitrogen and oxygen atoms in total. The minimum atomic E-state index is -3.08. The van der Waals surface area contributed by atoms with E-state index >= 15 is 0 Å². The van der Waals surface area contributed by atoms with Gasteiger partial charge in [0.15, 0.2) is 0 Å². The van der Waals surface area contributed by atoms with E-state index in [1.54, 1.807) is 0 Å². The molecule has 0 amide bonds. The fraction of sp³-hybridized carbons (Fsp3) is 0.500. The maximum Gasteiger partial charge on any atom is 1.00 e. The molecule has 0 radical (unpaired) electrons. The number of aliphatic carboxylic acids is 4. The number of esters is 6. The van der Waals surface area contributed by atoms with Crippen molar-refractivity contribution in [2.45, 2.75) is 63.6 Å². The number of carboxylic acids is 4. The largest absolute Gasteiger partial charge is 1.00 e. The van der Waals surface area contributed by atoms with Crippen LogP contribution in [0.3, 0.4) is 0 Å². The van der Waals surface area contributed by atoms with Crippen LogP contribution in [-0.4, -0.2) is 91.3 Å². The summed E-state index contributed by atoms with van der Waals surface area (Å²) in [6.45, 7) is 1.55. The quantitative estimate of drug-likeness (QED) is 0.0589. The molecule has 0 rings (SSSR count). The first-order chi connectivity index (χ1) is 17.3. The SMILES string of the molecule is CC(=O)OC(=O)CC(CC(=O)O)(OC(=O)CCC(=O)OC(CC(=O)O)(CC(=O)OC(C)=O)C(=O)O)C(=O)O.[H-].[H-].[Na+].[Na+]. The molecule has 4 N–H and O–H groups in total. The zero-order valence-electron chi connectivity index (χ0n) is 23.7. The summed E-state index contributed by atoms with van der Waals surface area (Å²) in [5.74, 6) is -16.7. The Morgan fingerprint density at radius 2 is 0.800 bits per heavy atom. The molecule has 0 saturated carbocycles. The van der Waals surface area contributed by atoms with Gasteiger partial charge < -0.3 is 42.2 Å². The number of carbonyl (C=O) groups excluding carboxylic acids is 6. The van der Waals surface area contributed by atoms with Gasteiger partial charge in [0.05, 0.1) is 38.5 Å². The number of carbonyl (C=O) groups is 10. The maximum absolute atomic E-state index is 12.2. The Kier molecular flexibility index (Phi) is 19.2. The zero-order chi connectivity index (χ0) is 29.8. The number of rotatable bonds is 15. The van der Waals surface area contributed by atoms with Gasteiger partial charge in [0.25, 0.3) is 0 Å². The molecule has 2 unspecified atom stereocenters. The molecule has 2 atom stereocenters. The summed E-state index contributed by atoms with van der Waals surface area (Å²) in [6.07, 6.45) is -8.05. The summed E-state index contributed by atoms with van der Waals surface area (Å²) in [7, 11) is 0. The van der Waals surface area contributed by atoms with E-state index < -0.39 is 109 Å². The Bertz CT molecular complexity index is 982. The minimum absolute atomic E-state index is 0. The van der Waals surface area contributed by atoms with Crippen molar-refractivity contribution in [3.05, 3.63) is 0 Å². The Morgan fingerprint density at radius 3 is 1.00 bits per heavy atom. The summed E-state index contributed by atoms with van der Waals surface area (Å²) in [5, 5.41) is 36.8. The second kappa shape index (κ2) is 18.4. The van der Waals surface area contributed by atoms with Gasteiger partial charge in [-0.25, -0.2) is 9.59 Å². The van der Waals surface area contributed by atoms with Crippen LogP contribution >= 0.6 is 0 Å². The van der Waals surface area contributed by atoms with Gasteiger partial charge in [0.2, 0.25) is 11.2 Å². The van der Waals surface area contributed by atoms with E-state index in [1.165, 1.54) is 0 Å². The molecule has 0 fully saturated rings. The van der Waals surface area contributed by atoms with Gasteiger partial charge in [-0.15, -0.1) is 0 Å². The van der Waals surface area contributed by atoms with Crippen LogP contribution in [0.4, 0.5) is 0 Å². The van der Waals surface area contributed by atoms with E-state index in [4.69, 9.17) is 10.2 Å². The molecule has 0 heterocycles. The number of hydrogen-bond donors (Lipinski definition) is 4. The molecule has 0 aromatic heterocycles. The van der Waals surface area contributed by atoms with E-state index in [-0.39, 0.29) is 62.0 Å². The second-order valence-corrected chi connectivity index (χ2v) is 7.47. The van der Waals surface area contributed by atoms with Crippen LogP contribution in [0, 0.1) is 0 Å². The van der Waals surface area contributed by atoms with Gasteiger partial charge in [-0.1, -0.05) is 0 Å². The summed E-state index contributed by atoms with van der Waals surface area (Å²) >= 11 is 0. The monoisotopic (exact) mass is 598 g/mol. The van der Waals surface area contributed by atoms with Crippen LogP contribution in [0.25, 0.3) is 0 Å². The molecule has 0 spiro atoms. The van der Waals surface area contributed by atoms with Crippen LogP contribution in [0.2, 0.25) is 0 Å². The van der Waals surface area contributed by atoms with Crippen LogP contribution in [-0.2, 0) is 66.9 Å². The van der Waals surface area contributed by atoms with Crippen LogP contribution in [0.15, 0.2) is 0 Å². The number of carboxylic acid groups (broad SMARTS) is 4. The predicted octanol–water partition coefficient (Wildman–Crippen LogP) is -7.36. The molecule has 0 aliphatic rings. The molecule has 0 aliphatic heterocycles. The van der Waals surface area contributed by atoms with Crippen molar-refractivity contribution in [3.8, 4) is 0 Å². The molecular weight excluding hydrogens is 574 g/mol. The average molecular weight is 598 g/mol. The van der Waals surface area contributed by atoms with Crippen molar-refractivity contribution in [3.63, 3.8) is 0 Å². The number of ether oxygens (including phenoxy) is 4. The van der Waals surface area contributed by atoms with Crippen molar-refractivity contribution in [2.75, 3.05) is 0 Å². The van der Waals surface area contributed by atoms with Gasteiger partial charge in [0.1, 0.15) is 0 Å². The first-order valence-corrected chi connectivity index (χ1v) is 10.1. The van der Waals surface area contributed by atoms with Gasteiger partial charge in [0, 0.05) is 13.8 Å². The van der Waals surface area contributed by atoms with Gasteiger partial charge in [-0.3, -0.25) is 38.4 Å². The van der Waals surface area contributed by atoms with Crippen molar-refractivity contribution < 1.29 is 149 Å². The first-order valence-electron chi connectivity index (χ1n) is 10.1. The van der Waals surface area contributed by atoms with E-state index in [9.17, 15) is 58.2 Å². The maximum atomic E-state index is 12.2. The third-order valence-electron chi connectivity index (χ3n) is 4.18. The van der Waals surface area contributed by atoms with E-state index in [2.05, 4.69) is 18.9 Å². The zero-order valence-corrected chi connectivity index (χ0v) is 25.7. The fourth-order valence-electron chi connectivity index (χ4n) is 2.75. The van der Waals surface area contributed by atoms with E-state index in [0.29, 0.717) is 0 Å². The van der Waals surface area contributed by atoms with Crippen molar-refractivity contribution >= 4 is 59.7 Å². The van der Waals surface area contributed by atoms with Crippen molar-refractivity contribution in [1.29, 1.82) is 0 Å². The molecule has 0 aromatic carbocycles.